The van der Waals surface area contributed by atoms with Crippen LogP contribution in [0.25, 0.3) is 5.65 Å². The maximum absolute atomic E-state index is 11.5. The third-order valence-electron chi connectivity index (χ3n) is 3.33. The van der Waals surface area contributed by atoms with Crippen molar-refractivity contribution in [2.75, 3.05) is 0 Å². The standard InChI is InChI=1S/C12H13N3O.C2H6/c1-8(16)10-6-14-12-7-13-5-11(15(10)12)9-3-2-4-9;1-2/h5-7,9H,2-4H2,1H3;1-2H3. The molecule has 1 fully saturated rings. The minimum absolute atomic E-state index is 0.0549. The second-order valence-electron chi connectivity index (χ2n) is 4.35. The number of Topliss-reactive ketones (excluding diaryl/α,β-unsaturated/α-hetero) is 1. The van der Waals surface area contributed by atoms with E-state index in [1.54, 1.807) is 19.3 Å². The van der Waals surface area contributed by atoms with Crippen molar-refractivity contribution in [2.45, 2.75) is 46.0 Å². The van der Waals surface area contributed by atoms with E-state index in [4.69, 9.17) is 0 Å². The van der Waals surface area contributed by atoms with Gasteiger partial charge in [-0.25, -0.2) is 4.98 Å². The Labute approximate surface area is 107 Å². The number of carbonyl (C=O) groups is 1. The molecule has 96 valence electrons. The highest BCUT2D eigenvalue weighted by atomic mass is 16.1. The van der Waals surface area contributed by atoms with Gasteiger partial charge in [0, 0.05) is 24.7 Å². The van der Waals surface area contributed by atoms with Gasteiger partial charge in [0.05, 0.1) is 12.4 Å². The van der Waals surface area contributed by atoms with Crippen LogP contribution in [0.4, 0.5) is 0 Å². The summed E-state index contributed by atoms with van der Waals surface area (Å²) in [5, 5.41) is 0. The lowest BCUT2D eigenvalue weighted by Gasteiger charge is -2.26. The normalized spacial score (nSPS) is 14.8. The summed E-state index contributed by atoms with van der Waals surface area (Å²) in [5.74, 6) is 0.600. The first kappa shape index (κ1) is 12.7. The van der Waals surface area contributed by atoms with Crippen molar-refractivity contribution in [1.29, 1.82) is 0 Å². The first-order valence-electron chi connectivity index (χ1n) is 6.59. The van der Waals surface area contributed by atoms with Gasteiger partial charge in [-0.05, 0) is 12.8 Å². The van der Waals surface area contributed by atoms with E-state index in [1.807, 2.05) is 24.4 Å². The van der Waals surface area contributed by atoms with Crippen molar-refractivity contribution >= 4 is 11.4 Å². The zero-order valence-electron chi connectivity index (χ0n) is 11.2. The summed E-state index contributed by atoms with van der Waals surface area (Å²) in [6.45, 7) is 5.58. The zero-order chi connectivity index (χ0) is 13.1. The highest BCUT2D eigenvalue weighted by Gasteiger charge is 2.24. The van der Waals surface area contributed by atoms with E-state index in [0.29, 0.717) is 11.6 Å². The quantitative estimate of drug-likeness (QED) is 0.763. The molecule has 1 aliphatic carbocycles. The molecule has 0 bridgehead atoms. The van der Waals surface area contributed by atoms with E-state index in [0.717, 1.165) is 11.3 Å². The van der Waals surface area contributed by atoms with E-state index in [-0.39, 0.29) is 5.78 Å². The molecule has 0 amide bonds. The predicted octanol–water partition coefficient (Wildman–Crippen LogP) is 3.23. The first-order chi connectivity index (χ1) is 8.77. The summed E-state index contributed by atoms with van der Waals surface area (Å²) < 4.78 is 1.96. The third-order valence-corrected chi connectivity index (χ3v) is 3.33. The average Bonchev–Trinajstić information content (AvgIpc) is 2.74. The van der Waals surface area contributed by atoms with E-state index in [2.05, 4.69) is 9.97 Å². The van der Waals surface area contributed by atoms with Crippen LogP contribution >= 0.6 is 0 Å². The summed E-state index contributed by atoms with van der Waals surface area (Å²) >= 11 is 0. The Balaban J connectivity index is 0.000000574. The number of carbonyl (C=O) groups excluding carboxylic acids is 1. The van der Waals surface area contributed by atoms with Gasteiger partial charge in [-0.2, -0.15) is 0 Å². The summed E-state index contributed by atoms with van der Waals surface area (Å²) in [5.41, 5.74) is 2.57. The molecular formula is C14H19N3O. The lowest BCUT2D eigenvalue weighted by atomic mass is 9.83. The Morgan fingerprint density at radius 2 is 2.00 bits per heavy atom. The van der Waals surface area contributed by atoms with Crippen LogP contribution in [-0.4, -0.2) is 20.2 Å². The van der Waals surface area contributed by atoms with E-state index < -0.39 is 0 Å². The zero-order valence-corrected chi connectivity index (χ0v) is 11.2. The van der Waals surface area contributed by atoms with Crippen LogP contribution < -0.4 is 0 Å². The summed E-state index contributed by atoms with van der Waals surface area (Å²) in [6, 6.07) is 0. The Kier molecular flexibility index (Phi) is 3.75. The smallest absolute Gasteiger partial charge is 0.178 e. The van der Waals surface area contributed by atoms with Crippen LogP contribution in [-0.2, 0) is 0 Å². The van der Waals surface area contributed by atoms with Crippen molar-refractivity contribution in [1.82, 2.24) is 14.4 Å². The van der Waals surface area contributed by atoms with Gasteiger partial charge in [0.15, 0.2) is 11.4 Å². The van der Waals surface area contributed by atoms with Crippen LogP contribution in [0.5, 0.6) is 0 Å². The van der Waals surface area contributed by atoms with E-state index in [1.165, 1.54) is 19.3 Å². The average molecular weight is 245 g/mol. The topological polar surface area (TPSA) is 47.3 Å². The summed E-state index contributed by atoms with van der Waals surface area (Å²) in [6.07, 6.45) is 8.86. The Hall–Kier alpha value is -1.71. The van der Waals surface area contributed by atoms with Crippen LogP contribution in [0.3, 0.4) is 0 Å². The van der Waals surface area contributed by atoms with Crippen molar-refractivity contribution in [3.8, 4) is 0 Å². The molecule has 0 saturated heterocycles. The number of aromatic nitrogens is 3. The number of hydrogen-bond donors (Lipinski definition) is 0. The lowest BCUT2D eigenvalue weighted by Crippen LogP contribution is -2.15. The number of rotatable bonds is 2. The second kappa shape index (κ2) is 5.29. The molecule has 1 saturated carbocycles. The Morgan fingerprint density at radius 3 is 2.56 bits per heavy atom. The van der Waals surface area contributed by atoms with Gasteiger partial charge >= 0.3 is 0 Å². The fourth-order valence-corrected chi connectivity index (χ4v) is 2.21. The molecule has 4 heteroatoms. The molecule has 0 aliphatic heterocycles. The Bertz CT molecular complexity index is 555. The molecule has 0 atom stereocenters. The highest BCUT2D eigenvalue weighted by Crippen LogP contribution is 2.36. The maximum atomic E-state index is 11.5. The molecule has 18 heavy (non-hydrogen) atoms. The number of ketones is 1. The molecule has 0 N–H and O–H groups in total. The summed E-state index contributed by atoms with van der Waals surface area (Å²) in [4.78, 5) is 19.9. The Morgan fingerprint density at radius 1 is 1.28 bits per heavy atom. The van der Waals surface area contributed by atoms with E-state index in [9.17, 15) is 4.79 Å². The molecule has 4 nitrogen and oxygen atoms in total. The van der Waals surface area contributed by atoms with Crippen LogP contribution in [0.2, 0.25) is 0 Å². The van der Waals surface area contributed by atoms with Crippen molar-refractivity contribution in [2.24, 2.45) is 0 Å². The minimum atomic E-state index is 0.0549. The highest BCUT2D eigenvalue weighted by molar-refractivity contribution is 5.93. The lowest BCUT2D eigenvalue weighted by molar-refractivity contribution is 0.101. The predicted molar refractivity (Wildman–Crippen MR) is 70.9 cm³/mol. The largest absolute Gasteiger partial charge is 0.293 e. The summed E-state index contributed by atoms with van der Waals surface area (Å²) in [7, 11) is 0. The molecule has 2 aromatic rings. The molecule has 2 aromatic heterocycles. The molecule has 0 spiro atoms. The SMILES string of the molecule is CC.CC(=O)c1cnc2cncc(C3CCC3)n12. The molecule has 0 unspecified atom stereocenters. The fourth-order valence-electron chi connectivity index (χ4n) is 2.21. The third kappa shape index (κ3) is 2.03. The maximum Gasteiger partial charge on any atom is 0.178 e. The fraction of sp³-hybridized carbons (Fsp3) is 0.500. The molecular weight excluding hydrogens is 226 g/mol. The molecule has 2 heterocycles. The van der Waals surface area contributed by atoms with Gasteiger partial charge in [0.1, 0.15) is 5.69 Å². The number of nitrogens with zero attached hydrogens (tertiary/aromatic N) is 3. The molecule has 3 rings (SSSR count). The van der Waals surface area contributed by atoms with E-state index >= 15 is 0 Å². The minimum Gasteiger partial charge on any atom is -0.293 e. The van der Waals surface area contributed by atoms with Crippen molar-refractivity contribution in [3.63, 3.8) is 0 Å². The monoisotopic (exact) mass is 245 g/mol. The number of fused-ring (bicyclic) bond motifs is 1. The van der Waals surface area contributed by atoms with Gasteiger partial charge in [-0.15, -0.1) is 0 Å². The number of imidazole rings is 1. The van der Waals surface area contributed by atoms with Crippen molar-refractivity contribution in [3.05, 3.63) is 30.0 Å². The van der Waals surface area contributed by atoms with Gasteiger partial charge in [-0.3, -0.25) is 14.2 Å². The van der Waals surface area contributed by atoms with Crippen LogP contribution in [0.1, 0.15) is 62.1 Å². The first-order valence-corrected chi connectivity index (χ1v) is 6.59. The van der Waals surface area contributed by atoms with Crippen molar-refractivity contribution < 1.29 is 4.79 Å². The van der Waals surface area contributed by atoms with Gasteiger partial charge in [0.25, 0.3) is 0 Å². The van der Waals surface area contributed by atoms with Crippen LogP contribution in [0.15, 0.2) is 18.6 Å². The van der Waals surface area contributed by atoms with Gasteiger partial charge < -0.3 is 0 Å². The van der Waals surface area contributed by atoms with Crippen LogP contribution in [0, 0.1) is 0 Å². The van der Waals surface area contributed by atoms with Gasteiger partial charge in [-0.1, -0.05) is 20.3 Å². The van der Waals surface area contributed by atoms with Gasteiger partial charge in [0.2, 0.25) is 0 Å². The molecule has 1 aliphatic rings. The number of hydrogen-bond acceptors (Lipinski definition) is 3. The second-order valence-corrected chi connectivity index (χ2v) is 4.35. The molecule has 0 aromatic carbocycles. The molecule has 0 radical (unpaired) electrons.